The number of halogens is 1. The molecule has 1 aliphatic rings. The molecule has 0 spiro atoms. The normalized spacial score (nSPS) is 20.7. The molecule has 3 N–H and O–H groups in total. The predicted molar refractivity (Wildman–Crippen MR) is 122 cm³/mol. The van der Waals surface area contributed by atoms with Gasteiger partial charge in [0.1, 0.15) is 17.0 Å². The van der Waals surface area contributed by atoms with Crippen LogP contribution in [0.3, 0.4) is 0 Å². The standard InChI is InChI=1S/C22H26ClN3O5S/c1-5-22(2,13-9-7-6-8-10-13)25-17-16(19(28)20(17)29)24-15-12-11-14(23)21(18(15)27)32(30,31)26(3)4/h6-12,16-17,24-25,27H,5H2,1-4H3. The van der Waals surface area contributed by atoms with Crippen LogP contribution in [-0.2, 0) is 25.2 Å². The minimum absolute atomic E-state index is 0.00890. The van der Waals surface area contributed by atoms with Crippen molar-refractivity contribution in [3.8, 4) is 5.75 Å². The third-order valence-electron chi connectivity index (χ3n) is 5.87. The Morgan fingerprint density at radius 3 is 2.22 bits per heavy atom. The molecule has 0 saturated heterocycles. The topological polar surface area (TPSA) is 116 Å². The lowest BCUT2D eigenvalue weighted by molar-refractivity contribution is -0.146. The summed E-state index contributed by atoms with van der Waals surface area (Å²) in [5, 5.41) is 16.6. The minimum atomic E-state index is -4.05. The van der Waals surface area contributed by atoms with Gasteiger partial charge in [-0.05, 0) is 31.0 Å². The molecule has 3 unspecified atom stereocenters. The lowest BCUT2D eigenvalue weighted by atomic mass is 9.79. The third-order valence-corrected chi connectivity index (χ3v) is 8.18. The van der Waals surface area contributed by atoms with Crippen LogP contribution in [0.5, 0.6) is 5.75 Å². The van der Waals surface area contributed by atoms with Gasteiger partial charge in [-0.1, -0.05) is 48.9 Å². The second-order valence-electron chi connectivity index (χ2n) is 8.08. The van der Waals surface area contributed by atoms with Gasteiger partial charge in [0.2, 0.25) is 21.6 Å². The fourth-order valence-corrected chi connectivity index (χ4v) is 5.09. The van der Waals surface area contributed by atoms with Crippen molar-refractivity contribution >= 4 is 38.9 Å². The number of carbonyl (C=O) groups excluding carboxylic acids is 2. The Morgan fingerprint density at radius 1 is 1.06 bits per heavy atom. The van der Waals surface area contributed by atoms with Crippen LogP contribution in [0.1, 0.15) is 25.8 Å². The Bertz CT molecular complexity index is 1150. The fourth-order valence-electron chi connectivity index (χ4n) is 3.61. The summed E-state index contributed by atoms with van der Waals surface area (Å²) < 4.78 is 26.1. The second kappa shape index (κ2) is 8.82. The molecule has 0 amide bonds. The van der Waals surface area contributed by atoms with Crippen LogP contribution < -0.4 is 10.6 Å². The van der Waals surface area contributed by atoms with E-state index < -0.39 is 49.9 Å². The van der Waals surface area contributed by atoms with E-state index in [0.717, 1.165) is 9.87 Å². The summed E-state index contributed by atoms with van der Waals surface area (Å²) in [5.41, 5.74) is 0.372. The van der Waals surface area contributed by atoms with Gasteiger partial charge in [-0.2, -0.15) is 0 Å². The van der Waals surface area contributed by atoms with Crippen molar-refractivity contribution in [2.24, 2.45) is 0 Å². The smallest absolute Gasteiger partial charge is 0.247 e. The molecule has 32 heavy (non-hydrogen) atoms. The molecular formula is C22H26ClN3O5S. The maximum Gasteiger partial charge on any atom is 0.247 e. The van der Waals surface area contributed by atoms with Gasteiger partial charge >= 0.3 is 0 Å². The van der Waals surface area contributed by atoms with Gasteiger partial charge in [0.05, 0.1) is 10.7 Å². The number of hydrogen-bond donors (Lipinski definition) is 3. The largest absolute Gasteiger partial charge is 0.504 e. The number of rotatable bonds is 8. The molecule has 172 valence electrons. The summed E-state index contributed by atoms with van der Waals surface area (Å²) in [6.45, 7) is 3.91. The molecule has 2 aromatic rings. The van der Waals surface area contributed by atoms with E-state index in [2.05, 4.69) is 10.6 Å². The average Bonchev–Trinajstić information content (AvgIpc) is 2.77. The number of carbonyl (C=O) groups is 2. The molecule has 1 saturated carbocycles. The van der Waals surface area contributed by atoms with Crippen LogP contribution in [-0.4, -0.2) is 55.6 Å². The van der Waals surface area contributed by atoms with Crippen molar-refractivity contribution in [2.75, 3.05) is 19.4 Å². The number of nitrogens with one attached hydrogen (secondary N) is 2. The van der Waals surface area contributed by atoms with Gasteiger partial charge in [0.25, 0.3) is 0 Å². The zero-order valence-corrected chi connectivity index (χ0v) is 19.8. The van der Waals surface area contributed by atoms with Crippen LogP contribution in [0.2, 0.25) is 5.02 Å². The van der Waals surface area contributed by atoms with Crippen LogP contribution >= 0.6 is 11.6 Å². The number of anilines is 1. The molecule has 10 heteroatoms. The third kappa shape index (κ3) is 4.13. The molecule has 0 aliphatic heterocycles. The molecule has 3 atom stereocenters. The number of sulfonamides is 1. The van der Waals surface area contributed by atoms with Gasteiger partial charge < -0.3 is 10.4 Å². The van der Waals surface area contributed by atoms with E-state index in [1.807, 2.05) is 44.2 Å². The van der Waals surface area contributed by atoms with Crippen LogP contribution in [0.4, 0.5) is 5.69 Å². The van der Waals surface area contributed by atoms with Gasteiger partial charge in [-0.3, -0.25) is 14.9 Å². The summed E-state index contributed by atoms with van der Waals surface area (Å²) in [6, 6.07) is 10.4. The fraction of sp³-hybridized carbons (Fsp3) is 0.364. The van der Waals surface area contributed by atoms with Gasteiger partial charge in [0.15, 0.2) is 5.75 Å². The van der Waals surface area contributed by atoms with Crippen LogP contribution in [0.25, 0.3) is 0 Å². The summed E-state index contributed by atoms with van der Waals surface area (Å²) in [5.74, 6) is -1.84. The molecule has 0 aromatic heterocycles. The number of hydrogen-bond acceptors (Lipinski definition) is 7. The minimum Gasteiger partial charge on any atom is -0.504 e. The van der Waals surface area contributed by atoms with Crippen LogP contribution in [0, 0.1) is 0 Å². The quantitative estimate of drug-likeness (QED) is 0.393. The maximum absolute atomic E-state index is 12.6. The van der Waals surface area contributed by atoms with Crippen molar-refractivity contribution < 1.29 is 23.1 Å². The van der Waals surface area contributed by atoms with E-state index in [-0.39, 0.29) is 10.7 Å². The Kier molecular flexibility index (Phi) is 6.67. The van der Waals surface area contributed by atoms with Crippen molar-refractivity contribution in [3.05, 3.63) is 53.1 Å². The van der Waals surface area contributed by atoms with Crippen molar-refractivity contribution in [2.45, 2.75) is 42.8 Å². The van der Waals surface area contributed by atoms with Gasteiger partial charge in [0, 0.05) is 19.6 Å². The molecule has 1 aliphatic carbocycles. The number of phenols is 1. The first-order valence-corrected chi connectivity index (χ1v) is 11.9. The highest BCUT2D eigenvalue weighted by atomic mass is 35.5. The van der Waals surface area contributed by atoms with E-state index in [4.69, 9.17) is 11.6 Å². The average molecular weight is 480 g/mol. The zero-order valence-electron chi connectivity index (χ0n) is 18.2. The van der Waals surface area contributed by atoms with Crippen molar-refractivity contribution in [3.63, 3.8) is 0 Å². The Morgan fingerprint density at radius 2 is 1.66 bits per heavy atom. The molecule has 0 bridgehead atoms. The lowest BCUT2D eigenvalue weighted by Gasteiger charge is -2.42. The Labute approximate surface area is 192 Å². The number of ketones is 2. The Balaban J connectivity index is 1.92. The SMILES string of the molecule is CCC(C)(NC1C(=O)C(=O)C1Nc1ccc(Cl)c(S(=O)(=O)N(C)C)c1O)c1ccccc1. The summed E-state index contributed by atoms with van der Waals surface area (Å²) in [7, 11) is -1.42. The Hall–Kier alpha value is -2.46. The maximum atomic E-state index is 12.6. The molecule has 3 rings (SSSR count). The first kappa shape index (κ1) is 24.2. The number of nitrogens with zero attached hydrogens (tertiary/aromatic N) is 1. The highest BCUT2D eigenvalue weighted by molar-refractivity contribution is 7.89. The molecule has 8 nitrogen and oxygen atoms in total. The van der Waals surface area contributed by atoms with Crippen LogP contribution in [0.15, 0.2) is 47.4 Å². The van der Waals surface area contributed by atoms with E-state index >= 15 is 0 Å². The predicted octanol–water partition coefficient (Wildman–Crippen LogP) is 2.51. The molecule has 1 fully saturated rings. The van der Waals surface area contributed by atoms with Gasteiger partial charge in [-0.15, -0.1) is 0 Å². The van der Waals surface area contributed by atoms with Gasteiger partial charge in [-0.25, -0.2) is 12.7 Å². The van der Waals surface area contributed by atoms with E-state index in [1.54, 1.807) is 0 Å². The highest BCUT2D eigenvalue weighted by Crippen LogP contribution is 2.39. The first-order chi connectivity index (χ1) is 14.9. The summed E-state index contributed by atoms with van der Waals surface area (Å²) >= 11 is 6.04. The number of aromatic hydroxyl groups is 1. The monoisotopic (exact) mass is 479 g/mol. The van der Waals surface area contributed by atoms with Crippen molar-refractivity contribution in [1.29, 1.82) is 0 Å². The first-order valence-electron chi connectivity index (χ1n) is 10.1. The molecule has 0 radical (unpaired) electrons. The molecule has 2 aromatic carbocycles. The summed E-state index contributed by atoms with van der Waals surface area (Å²) in [4.78, 5) is 24.3. The van der Waals surface area contributed by atoms with E-state index in [9.17, 15) is 23.1 Å². The zero-order chi connectivity index (χ0) is 23.8. The molecule has 0 heterocycles. The van der Waals surface area contributed by atoms with Crippen molar-refractivity contribution in [1.82, 2.24) is 9.62 Å². The number of benzene rings is 2. The highest BCUT2D eigenvalue weighted by Gasteiger charge is 2.51. The lowest BCUT2D eigenvalue weighted by Crippen LogP contribution is -2.70. The summed E-state index contributed by atoms with van der Waals surface area (Å²) in [6.07, 6.45) is 0.652. The molecular weight excluding hydrogens is 454 g/mol. The number of phenolic OH excluding ortho intramolecular Hbond substituents is 1. The van der Waals surface area contributed by atoms with E-state index in [1.165, 1.54) is 26.2 Å². The van der Waals surface area contributed by atoms with E-state index in [0.29, 0.717) is 6.42 Å². The number of Topliss-reactive ketones (excluding diaryl/α,β-unsaturated/α-hetero) is 2. The second-order valence-corrected chi connectivity index (χ2v) is 10.6.